The van der Waals surface area contributed by atoms with Gasteiger partial charge in [-0.25, -0.2) is 4.79 Å². The number of carboxylic acids is 1. The minimum atomic E-state index is -1.31. The number of benzene rings is 1. The van der Waals surface area contributed by atoms with Crippen LogP contribution in [0.25, 0.3) is 11.3 Å². The Morgan fingerprint density at radius 2 is 2.06 bits per heavy atom. The summed E-state index contributed by atoms with van der Waals surface area (Å²) in [6.07, 6.45) is 0. The van der Waals surface area contributed by atoms with Gasteiger partial charge in [0.05, 0.1) is 5.56 Å². The van der Waals surface area contributed by atoms with Crippen LogP contribution in [0.15, 0.2) is 39.6 Å². The molecular formula is C10H8N2O4. The zero-order valence-corrected chi connectivity index (χ0v) is 8.17. The maximum Gasteiger partial charge on any atom is 0.435 e. The molecule has 16 heavy (non-hydrogen) atoms. The van der Waals surface area contributed by atoms with Crippen LogP contribution in [0.5, 0.6) is 0 Å². The fourth-order valence-electron chi connectivity index (χ4n) is 1.41. The first-order valence-corrected chi connectivity index (χ1v) is 4.55. The Morgan fingerprint density at radius 1 is 1.38 bits per heavy atom. The molecule has 0 unspecified atom stereocenters. The van der Waals surface area contributed by atoms with Crippen molar-refractivity contribution in [1.82, 2.24) is 5.27 Å². The van der Waals surface area contributed by atoms with Gasteiger partial charge in [-0.1, -0.05) is 22.9 Å². The van der Waals surface area contributed by atoms with Crippen LogP contribution in [0, 0.1) is 0 Å². The standard InChI is InChI=1S/C10H8N2O4/c13-8(14)6-12-9(10(15)16-11-12)7-4-2-1-3-5-7/h1-5H,6H2,(H-,11,13,14,15). The first-order chi connectivity index (χ1) is 7.68. The lowest BCUT2D eigenvalue weighted by atomic mass is 10.2. The highest BCUT2D eigenvalue weighted by Gasteiger charge is 2.22. The molecule has 6 heteroatoms. The Bertz CT molecular complexity index is 556. The van der Waals surface area contributed by atoms with Crippen LogP contribution in [0.4, 0.5) is 0 Å². The molecule has 0 atom stereocenters. The van der Waals surface area contributed by atoms with Gasteiger partial charge < -0.3 is 9.90 Å². The Kier molecular flexibility index (Phi) is 2.55. The Morgan fingerprint density at radius 3 is 2.69 bits per heavy atom. The molecular weight excluding hydrogens is 212 g/mol. The van der Waals surface area contributed by atoms with E-state index in [-0.39, 0.29) is 5.69 Å². The lowest BCUT2D eigenvalue weighted by molar-refractivity contribution is -0.746. The largest absolute Gasteiger partial charge is 0.544 e. The van der Waals surface area contributed by atoms with Gasteiger partial charge in [-0.2, -0.15) is 0 Å². The highest BCUT2D eigenvalue weighted by atomic mass is 16.5. The summed E-state index contributed by atoms with van der Waals surface area (Å²) in [6.45, 7) is -0.462. The van der Waals surface area contributed by atoms with E-state index in [4.69, 9.17) is 0 Å². The molecule has 0 amide bonds. The van der Waals surface area contributed by atoms with Gasteiger partial charge >= 0.3 is 11.3 Å². The second-order valence-electron chi connectivity index (χ2n) is 3.15. The third-order valence-corrected chi connectivity index (χ3v) is 2.05. The number of rotatable bonds is 3. The molecule has 0 aliphatic carbocycles. The smallest absolute Gasteiger partial charge is 0.435 e. The predicted molar refractivity (Wildman–Crippen MR) is 50.0 cm³/mol. The Balaban J connectivity index is 2.52. The summed E-state index contributed by atoms with van der Waals surface area (Å²) in [6, 6.07) is 8.65. The summed E-state index contributed by atoms with van der Waals surface area (Å²) in [4.78, 5) is 21.9. The van der Waals surface area contributed by atoms with Crippen molar-refractivity contribution in [2.75, 3.05) is 0 Å². The van der Waals surface area contributed by atoms with Gasteiger partial charge in [0.15, 0.2) is 0 Å². The second-order valence-corrected chi connectivity index (χ2v) is 3.15. The molecule has 6 nitrogen and oxygen atoms in total. The molecule has 0 radical (unpaired) electrons. The van der Waals surface area contributed by atoms with Crippen LogP contribution >= 0.6 is 0 Å². The first kappa shape index (κ1) is 10.2. The summed E-state index contributed by atoms with van der Waals surface area (Å²) in [5, 5.41) is 12.7. The quantitative estimate of drug-likeness (QED) is 0.649. The number of nitrogens with zero attached hydrogens (tertiary/aromatic N) is 1. The summed E-state index contributed by atoms with van der Waals surface area (Å²) in [7, 11) is 0. The summed E-state index contributed by atoms with van der Waals surface area (Å²) in [5.41, 5.74) is 0.121. The van der Waals surface area contributed by atoms with E-state index in [0.29, 0.717) is 5.56 Å². The van der Waals surface area contributed by atoms with Crippen molar-refractivity contribution in [3.8, 4) is 11.3 Å². The van der Waals surface area contributed by atoms with Crippen molar-refractivity contribution < 1.29 is 19.1 Å². The maximum absolute atomic E-state index is 11.4. The molecule has 1 aromatic heterocycles. The molecule has 1 N–H and O–H groups in total. The van der Waals surface area contributed by atoms with Gasteiger partial charge in [-0.15, -0.1) is 0 Å². The molecule has 0 aliphatic rings. The van der Waals surface area contributed by atoms with Crippen LogP contribution in [-0.4, -0.2) is 11.2 Å². The normalized spacial score (nSPS) is 10.2. The number of hydrogen-bond acceptors (Lipinski definition) is 4. The van der Waals surface area contributed by atoms with E-state index in [1.165, 1.54) is 0 Å². The molecule has 1 heterocycles. The van der Waals surface area contributed by atoms with Gasteiger partial charge in [0.1, 0.15) is 5.97 Å². The van der Waals surface area contributed by atoms with E-state index in [2.05, 4.69) is 9.79 Å². The fraction of sp³-hybridized carbons (Fsp3) is 0.100. The van der Waals surface area contributed by atoms with Crippen molar-refractivity contribution in [3.05, 3.63) is 40.8 Å². The van der Waals surface area contributed by atoms with Crippen molar-refractivity contribution in [2.24, 2.45) is 0 Å². The monoisotopic (exact) mass is 220 g/mol. The fourth-order valence-corrected chi connectivity index (χ4v) is 1.41. The van der Waals surface area contributed by atoms with E-state index in [9.17, 15) is 14.7 Å². The maximum atomic E-state index is 11.4. The predicted octanol–water partition coefficient (Wildman–Crippen LogP) is -1.33. The Labute approximate surface area is 89.7 Å². The molecule has 2 rings (SSSR count). The van der Waals surface area contributed by atoms with Crippen LogP contribution in [0.1, 0.15) is 0 Å². The number of aromatic nitrogens is 2. The van der Waals surface area contributed by atoms with E-state index < -0.39 is 18.1 Å². The molecule has 0 bridgehead atoms. The lowest BCUT2D eigenvalue weighted by Crippen LogP contribution is -2.47. The SMILES string of the molecule is O=C([O-])C[n+]1[nH]oc(=O)c1-c1ccccc1. The summed E-state index contributed by atoms with van der Waals surface area (Å²) >= 11 is 0. The highest BCUT2D eigenvalue weighted by molar-refractivity contribution is 5.63. The van der Waals surface area contributed by atoms with Crippen molar-refractivity contribution >= 4 is 5.97 Å². The average molecular weight is 220 g/mol. The van der Waals surface area contributed by atoms with Crippen molar-refractivity contribution in [2.45, 2.75) is 6.54 Å². The molecule has 0 saturated carbocycles. The van der Waals surface area contributed by atoms with Crippen molar-refractivity contribution in [1.29, 1.82) is 0 Å². The average Bonchev–Trinajstić information content (AvgIpc) is 2.60. The molecule has 1 aromatic carbocycles. The number of nitrogens with one attached hydrogen (secondary N) is 1. The van der Waals surface area contributed by atoms with E-state index >= 15 is 0 Å². The van der Waals surface area contributed by atoms with E-state index in [1.807, 2.05) is 0 Å². The number of carboxylic acid groups (broad SMARTS) is 1. The zero-order chi connectivity index (χ0) is 11.5. The van der Waals surface area contributed by atoms with Crippen molar-refractivity contribution in [3.63, 3.8) is 0 Å². The van der Waals surface area contributed by atoms with Crippen LogP contribution in [0.3, 0.4) is 0 Å². The van der Waals surface area contributed by atoms with Crippen LogP contribution < -0.4 is 15.4 Å². The minimum absolute atomic E-state index is 0.157. The molecule has 0 fully saturated rings. The number of hydrogen-bond donors (Lipinski definition) is 1. The molecule has 0 spiro atoms. The number of H-pyrrole nitrogens is 1. The molecule has 82 valence electrons. The van der Waals surface area contributed by atoms with E-state index in [1.54, 1.807) is 30.3 Å². The van der Waals surface area contributed by atoms with Gasteiger partial charge in [-0.3, -0.25) is 4.52 Å². The lowest BCUT2D eigenvalue weighted by Gasteiger charge is -1.95. The van der Waals surface area contributed by atoms with E-state index in [0.717, 1.165) is 4.68 Å². The number of carbonyl (C=O) groups is 1. The number of carbonyl (C=O) groups excluding carboxylic acids is 1. The number of aliphatic carboxylic acids is 1. The molecule has 0 saturated heterocycles. The van der Waals surface area contributed by atoms with Gasteiger partial charge in [0, 0.05) is 0 Å². The topological polar surface area (TPSA) is 90.0 Å². The first-order valence-electron chi connectivity index (χ1n) is 4.55. The third kappa shape index (κ3) is 1.85. The summed E-state index contributed by atoms with van der Waals surface area (Å²) in [5.74, 6) is -1.31. The van der Waals surface area contributed by atoms with Gasteiger partial charge in [0.2, 0.25) is 6.54 Å². The second kappa shape index (κ2) is 4.01. The highest BCUT2D eigenvalue weighted by Crippen LogP contribution is 2.09. The molecule has 2 aromatic rings. The van der Waals surface area contributed by atoms with Gasteiger partial charge in [0.25, 0.3) is 0 Å². The molecule has 0 aliphatic heterocycles. The summed E-state index contributed by atoms with van der Waals surface area (Å²) < 4.78 is 5.63. The Hall–Kier alpha value is -2.37. The zero-order valence-electron chi connectivity index (χ0n) is 8.17. The third-order valence-electron chi connectivity index (χ3n) is 2.05. The van der Waals surface area contributed by atoms with Gasteiger partial charge in [-0.05, 0) is 17.4 Å². The minimum Gasteiger partial charge on any atom is -0.544 e. The number of aromatic amines is 1. The van der Waals surface area contributed by atoms with Crippen LogP contribution in [0.2, 0.25) is 0 Å². The van der Waals surface area contributed by atoms with Crippen LogP contribution in [-0.2, 0) is 11.3 Å².